The van der Waals surface area contributed by atoms with Gasteiger partial charge in [-0.1, -0.05) is 43.3 Å². The van der Waals surface area contributed by atoms with Gasteiger partial charge in [-0.25, -0.2) is 0 Å². The van der Waals surface area contributed by atoms with E-state index in [9.17, 15) is 13.2 Å². The average molecular weight is 433 g/mol. The molecule has 0 fully saturated rings. The first-order chi connectivity index (χ1) is 14.4. The van der Waals surface area contributed by atoms with E-state index in [0.717, 1.165) is 71.5 Å². The molecular weight excluding hydrogens is 411 g/mol. The molecule has 0 radical (unpaired) electrons. The molecule has 4 rings (SSSR count). The summed E-state index contributed by atoms with van der Waals surface area (Å²) >= 11 is 1.63. The Bertz CT molecular complexity index is 971. The summed E-state index contributed by atoms with van der Waals surface area (Å²) < 4.78 is 41.1. The van der Waals surface area contributed by atoms with E-state index in [0.29, 0.717) is 0 Å². The second-order valence-electron chi connectivity index (χ2n) is 7.11. The lowest BCUT2D eigenvalue weighted by atomic mass is 10.0. The maximum Gasteiger partial charge on any atom is 0.573 e. The van der Waals surface area contributed by atoms with Crippen molar-refractivity contribution in [2.45, 2.75) is 37.4 Å². The third kappa shape index (κ3) is 4.64. The highest BCUT2D eigenvalue weighted by molar-refractivity contribution is 8.14. The summed E-state index contributed by atoms with van der Waals surface area (Å²) in [5.74, 6) is 0.738. The first kappa shape index (κ1) is 20.8. The number of amidine groups is 2. The Kier molecular flexibility index (Phi) is 6.04. The van der Waals surface area contributed by atoms with Gasteiger partial charge in [0.2, 0.25) is 0 Å². The molecule has 2 heterocycles. The van der Waals surface area contributed by atoms with Crippen LogP contribution in [0.15, 0.2) is 57.3 Å². The van der Waals surface area contributed by atoms with Gasteiger partial charge in [0.05, 0.1) is 0 Å². The van der Waals surface area contributed by atoms with Gasteiger partial charge in [0.25, 0.3) is 0 Å². The predicted molar refractivity (Wildman–Crippen MR) is 114 cm³/mol. The van der Waals surface area contributed by atoms with Crippen LogP contribution in [0.1, 0.15) is 31.7 Å². The van der Waals surface area contributed by atoms with E-state index in [-0.39, 0.29) is 5.75 Å². The number of hydrogen-bond acceptors (Lipinski definition) is 4. The Morgan fingerprint density at radius 3 is 2.63 bits per heavy atom. The second kappa shape index (κ2) is 8.71. The van der Waals surface area contributed by atoms with Crippen molar-refractivity contribution in [3.8, 4) is 16.9 Å². The molecule has 0 saturated heterocycles. The van der Waals surface area contributed by atoms with Gasteiger partial charge in [0.1, 0.15) is 11.6 Å². The van der Waals surface area contributed by atoms with Crippen molar-refractivity contribution < 1.29 is 17.9 Å². The molecule has 2 aliphatic heterocycles. The number of halogens is 3. The number of alkyl halides is 3. The molecule has 0 amide bonds. The molecule has 0 aliphatic carbocycles. The van der Waals surface area contributed by atoms with Crippen LogP contribution in [-0.4, -0.2) is 41.9 Å². The largest absolute Gasteiger partial charge is 0.573 e. The van der Waals surface area contributed by atoms with Gasteiger partial charge in [-0.3, -0.25) is 9.98 Å². The third-order valence-corrected chi connectivity index (χ3v) is 5.98. The summed E-state index contributed by atoms with van der Waals surface area (Å²) in [6.07, 6.45) is -1.54. The minimum absolute atomic E-state index is 0.226. The topological polar surface area (TPSA) is 37.2 Å². The summed E-state index contributed by atoms with van der Waals surface area (Å²) in [4.78, 5) is 12.8. The van der Waals surface area contributed by atoms with Gasteiger partial charge >= 0.3 is 6.36 Å². The van der Waals surface area contributed by atoms with Crippen LogP contribution in [0.25, 0.3) is 11.1 Å². The minimum Gasteiger partial charge on any atom is -0.406 e. The highest BCUT2D eigenvalue weighted by atomic mass is 32.2. The van der Waals surface area contributed by atoms with E-state index in [4.69, 9.17) is 9.98 Å². The lowest BCUT2D eigenvalue weighted by Gasteiger charge is -2.35. The number of nitrogens with zero attached hydrogens (tertiary/aromatic N) is 3. The van der Waals surface area contributed by atoms with Crippen molar-refractivity contribution in [1.82, 2.24) is 4.90 Å². The van der Waals surface area contributed by atoms with Crippen LogP contribution in [0, 0.1) is 0 Å². The van der Waals surface area contributed by atoms with Crippen LogP contribution in [-0.2, 0) is 0 Å². The highest BCUT2D eigenvalue weighted by Gasteiger charge is 2.31. The number of benzene rings is 2. The van der Waals surface area contributed by atoms with Crippen LogP contribution in [0.2, 0.25) is 0 Å². The van der Waals surface area contributed by atoms with Crippen LogP contribution in [0.3, 0.4) is 0 Å². The first-order valence-corrected chi connectivity index (χ1v) is 10.8. The molecule has 2 aromatic carbocycles. The van der Waals surface area contributed by atoms with Crippen molar-refractivity contribution in [3.05, 3.63) is 48.0 Å². The Hall–Kier alpha value is -2.48. The van der Waals surface area contributed by atoms with E-state index in [1.54, 1.807) is 23.9 Å². The van der Waals surface area contributed by atoms with Crippen LogP contribution in [0.4, 0.5) is 13.2 Å². The van der Waals surface area contributed by atoms with Crippen LogP contribution in [0.5, 0.6) is 5.75 Å². The van der Waals surface area contributed by atoms with Gasteiger partial charge < -0.3 is 9.64 Å². The number of ether oxygens (including phenoxy) is 1. The molecule has 0 atom stereocenters. The molecule has 0 unspecified atom stereocenters. The SMILES string of the molecule is CCCCN=C1Sc2cc(-c3ccc(OC(F)(F)F)cc3)ccc2C2=NCCCN12. The summed E-state index contributed by atoms with van der Waals surface area (Å²) in [5.41, 5.74) is 2.83. The lowest BCUT2D eigenvalue weighted by molar-refractivity contribution is -0.274. The average Bonchev–Trinajstić information content (AvgIpc) is 2.73. The molecule has 4 nitrogen and oxygen atoms in total. The van der Waals surface area contributed by atoms with Gasteiger partial charge in [0.15, 0.2) is 5.17 Å². The smallest absolute Gasteiger partial charge is 0.406 e. The fourth-order valence-electron chi connectivity index (χ4n) is 3.45. The normalized spacial score (nSPS) is 17.4. The molecule has 0 aromatic heterocycles. The molecular formula is C22H22F3N3OS. The lowest BCUT2D eigenvalue weighted by Crippen LogP contribution is -2.42. The zero-order valence-corrected chi connectivity index (χ0v) is 17.4. The van der Waals surface area contributed by atoms with E-state index in [1.165, 1.54) is 12.1 Å². The van der Waals surface area contributed by atoms with E-state index in [1.807, 2.05) is 12.1 Å². The Morgan fingerprint density at radius 2 is 1.90 bits per heavy atom. The Morgan fingerprint density at radius 1 is 1.13 bits per heavy atom. The third-order valence-electron chi connectivity index (χ3n) is 4.89. The zero-order valence-electron chi connectivity index (χ0n) is 16.6. The van der Waals surface area contributed by atoms with Gasteiger partial charge in [0, 0.05) is 30.1 Å². The Labute approximate surface area is 177 Å². The molecule has 0 N–H and O–H groups in total. The number of thioether (sulfide) groups is 1. The summed E-state index contributed by atoms with van der Waals surface area (Å²) in [6.45, 7) is 4.66. The van der Waals surface area contributed by atoms with Crippen LogP contribution < -0.4 is 4.74 Å². The van der Waals surface area contributed by atoms with E-state index < -0.39 is 6.36 Å². The van der Waals surface area contributed by atoms with Gasteiger partial charge in [-0.15, -0.1) is 13.2 Å². The van der Waals surface area contributed by atoms with Crippen molar-refractivity contribution in [2.75, 3.05) is 19.6 Å². The monoisotopic (exact) mass is 433 g/mol. The van der Waals surface area contributed by atoms with Crippen molar-refractivity contribution >= 4 is 22.8 Å². The molecule has 2 aromatic rings. The quantitative estimate of drug-likeness (QED) is 0.546. The van der Waals surface area contributed by atoms with E-state index >= 15 is 0 Å². The van der Waals surface area contributed by atoms with Crippen molar-refractivity contribution in [3.63, 3.8) is 0 Å². The maximum absolute atomic E-state index is 12.4. The second-order valence-corrected chi connectivity index (χ2v) is 8.12. The zero-order chi connectivity index (χ0) is 21.1. The Balaban J connectivity index is 1.63. The summed E-state index contributed by atoms with van der Waals surface area (Å²) in [6, 6.07) is 12.0. The number of unbranched alkanes of at least 4 members (excludes halogenated alkanes) is 1. The molecule has 2 aliphatic rings. The van der Waals surface area contributed by atoms with Crippen molar-refractivity contribution in [2.24, 2.45) is 9.98 Å². The van der Waals surface area contributed by atoms with Gasteiger partial charge in [-0.2, -0.15) is 0 Å². The summed E-state index contributed by atoms with van der Waals surface area (Å²) in [5, 5.41) is 0.973. The fourth-order valence-corrected chi connectivity index (χ4v) is 4.54. The van der Waals surface area contributed by atoms with Gasteiger partial charge in [-0.05, 0) is 48.2 Å². The molecule has 0 spiro atoms. The van der Waals surface area contributed by atoms with Crippen molar-refractivity contribution in [1.29, 1.82) is 0 Å². The molecule has 30 heavy (non-hydrogen) atoms. The maximum atomic E-state index is 12.4. The number of fused-ring (bicyclic) bond motifs is 3. The molecule has 0 saturated carbocycles. The minimum atomic E-state index is -4.69. The molecule has 8 heteroatoms. The predicted octanol–water partition coefficient (Wildman–Crippen LogP) is 5.97. The van der Waals surface area contributed by atoms with E-state index in [2.05, 4.69) is 22.6 Å². The molecule has 158 valence electrons. The number of aliphatic imine (C=N–C) groups is 2. The van der Waals surface area contributed by atoms with Crippen LogP contribution >= 0.6 is 11.8 Å². The number of hydrogen-bond donors (Lipinski definition) is 0. The first-order valence-electron chi connectivity index (χ1n) is 9.99. The molecule has 0 bridgehead atoms. The standard InChI is InChI=1S/C22H22F3N3OS/c1-2-3-11-27-21-28-13-4-12-26-20(28)18-10-7-16(14-19(18)30-21)15-5-8-17(9-6-15)29-22(23,24)25/h5-10,14H,2-4,11-13H2,1H3. The fraction of sp³-hybridized carbons (Fsp3) is 0.364. The number of rotatable bonds is 5. The summed E-state index contributed by atoms with van der Waals surface area (Å²) in [7, 11) is 0. The highest BCUT2D eigenvalue weighted by Crippen LogP contribution is 2.37.